The second-order valence-corrected chi connectivity index (χ2v) is 6.92. The molecule has 2 aliphatic rings. The van der Waals surface area contributed by atoms with Gasteiger partial charge >= 0.3 is 0 Å². The van der Waals surface area contributed by atoms with Gasteiger partial charge in [0, 0.05) is 24.2 Å². The van der Waals surface area contributed by atoms with E-state index in [-0.39, 0.29) is 11.3 Å². The molecule has 2 aromatic carbocycles. The molecule has 1 fully saturated rings. The van der Waals surface area contributed by atoms with Gasteiger partial charge in [-0.15, -0.1) is 0 Å². The highest BCUT2D eigenvalue weighted by Gasteiger charge is 2.37. The SMILES string of the molecule is NC(=O)c1cccc(C2=C[C@@H]3CC[C@H](C2)N3Cc2ccccc2)c1O. The van der Waals surface area contributed by atoms with Crippen molar-refractivity contribution in [1.29, 1.82) is 0 Å². The molecule has 0 saturated carbocycles. The van der Waals surface area contributed by atoms with Gasteiger partial charge in [0.25, 0.3) is 5.91 Å². The molecule has 0 radical (unpaired) electrons. The molecule has 0 unspecified atom stereocenters. The molecular weight excluding hydrogens is 312 g/mol. The average molecular weight is 334 g/mol. The van der Waals surface area contributed by atoms with Crippen LogP contribution in [0.1, 0.15) is 40.7 Å². The highest BCUT2D eigenvalue weighted by atomic mass is 16.3. The summed E-state index contributed by atoms with van der Waals surface area (Å²) in [6, 6.07) is 16.6. The number of para-hydroxylation sites is 1. The van der Waals surface area contributed by atoms with Crippen LogP contribution in [-0.2, 0) is 6.54 Å². The number of primary amides is 1. The zero-order chi connectivity index (χ0) is 17.4. The third-order valence-electron chi connectivity index (χ3n) is 5.40. The Morgan fingerprint density at radius 3 is 2.64 bits per heavy atom. The lowest BCUT2D eigenvalue weighted by molar-refractivity contribution is 0.0997. The maximum atomic E-state index is 11.5. The van der Waals surface area contributed by atoms with Crippen molar-refractivity contribution < 1.29 is 9.90 Å². The summed E-state index contributed by atoms with van der Waals surface area (Å²) in [5.74, 6) is -0.582. The lowest BCUT2D eigenvalue weighted by Crippen LogP contribution is -2.37. The van der Waals surface area contributed by atoms with Crippen LogP contribution in [0.5, 0.6) is 5.75 Å². The van der Waals surface area contributed by atoms with Crippen molar-refractivity contribution in [2.24, 2.45) is 5.73 Å². The fourth-order valence-corrected chi connectivity index (χ4v) is 4.16. The normalized spacial score (nSPS) is 22.6. The number of phenols is 1. The molecule has 4 rings (SSSR count). The molecule has 128 valence electrons. The molecule has 1 saturated heterocycles. The summed E-state index contributed by atoms with van der Waals surface area (Å²) in [4.78, 5) is 14.0. The van der Waals surface area contributed by atoms with Crippen molar-refractivity contribution in [1.82, 2.24) is 4.90 Å². The standard InChI is InChI=1S/C21H22N2O2/c22-21(25)19-8-4-7-18(20(19)24)15-11-16-9-10-17(12-15)23(16)13-14-5-2-1-3-6-14/h1-8,11,16-17,24H,9-10,12-13H2,(H2,22,25)/t16-,17+/m0/s1. The van der Waals surface area contributed by atoms with Crippen LogP contribution in [0.3, 0.4) is 0 Å². The van der Waals surface area contributed by atoms with E-state index in [1.54, 1.807) is 12.1 Å². The lowest BCUT2D eigenvalue weighted by Gasteiger charge is -2.34. The Hall–Kier alpha value is -2.59. The summed E-state index contributed by atoms with van der Waals surface area (Å²) in [6.07, 6.45) is 5.44. The number of hydrogen-bond donors (Lipinski definition) is 2. The highest BCUT2D eigenvalue weighted by molar-refractivity contribution is 5.97. The number of rotatable bonds is 4. The molecule has 2 heterocycles. The van der Waals surface area contributed by atoms with Crippen molar-refractivity contribution in [2.45, 2.75) is 37.9 Å². The van der Waals surface area contributed by atoms with Crippen LogP contribution in [0.2, 0.25) is 0 Å². The van der Waals surface area contributed by atoms with Crippen LogP contribution in [0.25, 0.3) is 5.57 Å². The van der Waals surface area contributed by atoms with Gasteiger partial charge < -0.3 is 10.8 Å². The fourth-order valence-electron chi connectivity index (χ4n) is 4.16. The number of aromatic hydroxyl groups is 1. The van der Waals surface area contributed by atoms with Crippen molar-refractivity contribution in [3.63, 3.8) is 0 Å². The number of nitrogens with two attached hydrogens (primary N) is 1. The van der Waals surface area contributed by atoms with Gasteiger partial charge in [0.2, 0.25) is 0 Å². The molecule has 4 heteroatoms. The topological polar surface area (TPSA) is 66.6 Å². The zero-order valence-electron chi connectivity index (χ0n) is 14.1. The van der Waals surface area contributed by atoms with Gasteiger partial charge in [0.15, 0.2) is 0 Å². The number of benzene rings is 2. The molecule has 4 nitrogen and oxygen atoms in total. The molecule has 2 atom stereocenters. The number of amides is 1. The van der Waals surface area contributed by atoms with Crippen molar-refractivity contribution in [3.8, 4) is 5.75 Å². The van der Waals surface area contributed by atoms with E-state index in [4.69, 9.17) is 5.73 Å². The smallest absolute Gasteiger partial charge is 0.252 e. The van der Waals surface area contributed by atoms with E-state index in [0.717, 1.165) is 36.9 Å². The second kappa shape index (κ2) is 6.37. The van der Waals surface area contributed by atoms with Crippen LogP contribution in [0.4, 0.5) is 0 Å². The third kappa shape index (κ3) is 2.94. The summed E-state index contributed by atoms with van der Waals surface area (Å²) in [7, 11) is 0. The van der Waals surface area contributed by atoms with Gasteiger partial charge in [-0.25, -0.2) is 0 Å². The van der Waals surface area contributed by atoms with E-state index in [0.29, 0.717) is 12.1 Å². The first-order valence-corrected chi connectivity index (χ1v) is 8.76. The molecule has 0 aliphatic carbocycles. The van der Waals surface area contributed by atoms with Gasteiger partial charge in [-0.05, 0) is 36.5 Å². The minimum absolute atomic E-state index is 0.0113. The molecule has 2 aliphatic heterocycles. The number of carbonyl (C=O) groups excluding carboxylic acids is 1. The molecule has 2 aromatic rings. The van der Waals surface area contributed by atoms with Gasteiger partial charge in [-0.1, -0.05) is 48.5 Å². The Labute approximate surface area is 147 Å². The van der Waals surface area contributed by atoms with Gasteiger partial charge in [0.05, 0.1) is 5.56 Å². The van der Waals surface area contributed by atoms with E-state index < -0.39 is 5.91 Å². The summed E-state index contributed by atoms with van der Waals surface area (Å²) in [6.45, 7) is 0.952. The van der Waals surface area contributed by atoms with Gasteiger partial charge in [0.1, 0.15) is 5.75 Å². The van der Waals surface area contributed by atoms with Crippen molar-refractivity contribution in [3.05, 3.63) is 71.3 Å². The summed E-state index contributed by atoms with van der Waals surface area (Å²) < 4.78 is 0. The van der Waals surface area contributed by atoms with E-state index in [9.17, 15) is 9.90 Å². The minimum atomic E-state index is -0.593. The Kier molecular flexibility index (Phi) is 4.06. The predicted octanol–water partition coefficient (Wildman–Crippen LogP) is 3.31. The number of nitrogens with zero attached hydrogens (tertiary/aromatic N) is 1. The summed E-state index contributed by atoms with van der Waals surface area (Å²) in [5.41, 5.74) is 8.75. The molecule has 1 amide bonds. The van der Waals surface area contributed by atoms with Crippen molar-refractivity contribution in [2.75, 3.05) is 0 Å². The van der Waals surface area contributed by atoms with E-state index in [1.165, 1.54) is 5.56 Å². The molecule has 3 N–H and O–H groups in total. The van der Waals surface area contributed by atoms with E-state index >= 15 is 0 Å². The third-order valence-corrected chi connectivity index (χ3v) is 5.40. The van der Waals surface area contributed by atoms with E-state index in [2.05, 4.69) is 35.2 Å². The Morgan fingerprint density at radius 2 is 1.92 bits per heavy atom. The predicted molar refractivity (Wildman–Crippen MR) is 98.0 cm³/mol. The quantitative estimate of drug-likeness (QED) is 0.901. The summed E-state index contributed by atoms with van der Waals surface area (Å²) in [5, 5.41) is 10.5. The maximum absolute atomic E-state index is 11.5. The van der Waals surface area contributed by atoms with Crippen LogP contribution in [0, 0.1) is 0 Å². The molecule has 2 bridgehead atoms. The number of fused-ring (bicyclic) bond motifs is 2. The second-order valence-electron chi connectivity index (χ2n) is 6.92. The van der Waals surface area contributed by atoms with Gasteiger partial charge in [-0.2, -0.15) is 0 Å². The largest absolute Gasteiger partial charge is 0.506 e. The first-order valence-electron chi connectivity index (χ1n) is 8.76. The summed E-state index contributed by atoms with van der Waals surface area (Å²) >= 11 is 0. The first kappa shape index (κ1) is 15.9. The number of carbonyl (C=O) groups is 1. The van der Waals surface area contributed by atoms with Crippen molar-refractivity contribution >= 4 is 11.5 Å². The zero-order valence-corrected chi connectivity index (χ0v) is 14.1. The van der Waals surface area contributed by atoms with Crippen LogP contribution in [-0.4, -0.2) is 28.0 Å². The maximum Gasteiger partial charge on any atom is 0.252 e. The molecule has 0 spiro atoms. The number of hydrogen-bond acceptors (Lipinski definition) is 3. The lowest BCUT2D eigenvalue weighted by atomic mass is 9.92. The Bertz CT molecular complexity index is 829. The molecular formula is C21H22N2O2. The van der Waals surface area contributed by atoms with E-state index in [1.807, 2.05) is 12.1 Å². The van der Waals surface area contributed by atoms with Gasteiger partial charge in [-0.3, -0.25) is 9.69 Å². The molecule has 0 aromatic heterocycles. The molecule has 25 heavy (non-hydrogen) atoms. The highest BCUT2D eigenvalue weighted by Crippen LogP contribution is 2.41. The van der Waals surface area contributed by atoms with Crippen LogP contribution in [0.15, 0.2) is 54.6 Å². The minimum Gasteiger partial charge on any atom is -0.506 e. The van der Waals surface area contributed by atoms with Crippen LogP contribution >= 0.6 is 0 Å². The first-order chi connectivity index (χ1) is 12.1. The monoisotopic (exact) mass is 334 g/mol. The fraction of sp³-hybridized carbons (Fsp3) is 0.286. The van der Waals surface area contributed by atoms with Crippen LogP contribution < -0.4 is 5.73 Å². The average Bonchev–Trinajstić information content (AvgIpc) is 2.84. The Morgan fingerprint density at radius 1 is 1.12 bits per heavy atom. The Balaban J connectivity index is 1.62.